The number of nitrogens with one attached hydrogen (secondary N) is 2. The van der Waals surface area contributed by atoms with Crippen LogP contribution in [0.3, 0.4) is 0 Å². The Kier molecular flexibility index (Phi) is 12.0. The highest BCUT2D eigenvalue weighted by molar-refractivity contribution is 7.13. The number of likely N-dealkylation sites (tertiary alicyclic amines) is 1. The fourth-order valence-corrected chi connectivity index (χ4v) is 10.3. The molecule has 18 nitrogen and oxygen atoms in total. The number of fused-ring (bicyclic) bond motifs is 3. The minimum absolute atomic E-state index is 0.110. The van der Waals surface area contributed by atoms with Crippen molar-refractivity contribution in [3.8, 4) is 0 Å². The van der Waals surface area contributed by atoms with Gasteiger partial charge in [0.1, 0.15) is 11.6 Å². The molecule has 0 spiro atoms. The number of thiazole rings is 1. The van der Waals surface area contributed by atoms with E-state index in [1.54, 1.807) is 28.8 Å². The number of carbonyl (C=O) groups excluding carboxylic acids is 4. The zero-order valence-corrected chi connectivity index (χ0v) is 38.2. The molecule has 8 heterocycles. The number of allylic oxidation sites excluding steroid dienone is 3. The maximum Gasteiger partial charge on any atom is 0.329 e. The Hall–Kier alpha value is -7.06. The van der Waals surface area contributed by atoms with E-state index in [2.05, 4.69) is 63.9 Å². The van der Waals surface area contributed by atoms with Crippen LogP contribution < -0.4 is 15.5 Å². The van der Waals surface area contributed by atoms with E-state index in [0.29, 0.717) is 84.1 Å². The number of aliphatic imine (C=N–C) groups is 1. The number of hydrogen-bond donors (Lipinski definition) is 2. The lowest BCUT2D eigenvalue weighted by Gasteiger charge is -2.38. The summed E-state index contributed by atoms with van der Waals surface area (Å²) in [6.07, 6.45) is 12.5. The van der Waals surface area contributed by atoms with Crippen molar-refractivity contribution in [2.75, 3.05) is 62.6 Å². The van der Waals surface area contributed by atoms with E-state index in [1.807, 2.05) is 43.2 Å². The normalized spacial score (nSPS) is 18.2. The van der Waals surface area contributed by atoms with Crippen LogP contribution in [0.4, 0.5) is 20.1 Å². The molecule has 1 unspecified atom stereocenters. The van der Waals surface area contributed by atoms with Gasteiger partial charge in [-0.05, 0) is 105 Å². The molecule has 0 radical (unpaired) electrons. The SMILES string of the molecule is C=N/C(=C\C=C(/C)c1cc(F)c2cn(C(C(=O)Nc3nccs3)c3ncn4c3CCC4)nc2c1)N1CCN(C(=O)CN2CCC(c3ccc4c(N5CCC(=O)NC5=O)nn(C)c4c3)CC2)CC1. The van der Waals surface area contributed by atoms with Crippen molar-refractivity contribution < 1.29 is 23.6 Å². The molecule has 2 N–H and O–H groups in total. The first-order chi connectivity index (χ1) is 32.5. The van der Waals surface area contributed by atoms with Crippen LogP contribution in [0.5, 0.6) is 0 Å². The summed E-state index contributed by atoms with van der Waals surface area (Å²) in [6.45, 7) is 11.1. The van der Waals surface area contributed by atoms with Crippen molar-refractivity contribution in [1.29, 1.82) is 0 Å². The number of imide groups is 1. The highest BCUT2D eigenvalue weighted by atomic mass is 32.1. The second-order valence-corrected chi connectivity index (χ2v) is 18.4. The first-order valence-electron chi connectivity index (χ1n) is 22.6. The average Bonchev–Trinajstić information content (AvgIpc) is 4.19. The van der Waals surface area contributed by atoms with E-state index in [4.69, 9.17) is 5.10 Å². The lowest BCUT2D eigenvalue weighted by Crippen LogP contribution is -2.51. The summed E-state index contributed by atoms with van der Waals surface area (Å²) >= 11 is 1.31. The Balaban J connectivity index is 0.747. The summed E-state index contributed by atoms with van der Waals surface area (Å²) < 4.78 is 21.2. The maximum absolute atomic E-state index is 15.9. The lowest BCUT2D eigenvalue weighted by atomic mass is 9.89. The molecule has 0 saturated carbocycles. The highest BCUT2D eigenvalue weighted by Crippen LogP contribution is 2.35. The van der Waals surface area contributed by atoms with E-state index in [-0.39, 0.29) is 24.1 Å². The van der Waals surface area contributed by atoms with Gasteiger partial charge in [-0.2, -0.15) is 10.2 Å². The smallest absolute Gasteiger partial charge is 0.329 e. The molecule has 0 bridgehead atoms. The van der Waals surface area contributed by atoms with Gasteiger partial charge in [-0.3, -0.25) is 44.2 Å². The van der Waals surface area contributed by atoms with Crippen molar-refractivity contribution in [1.82, 2.24) is 54.1 Å². The Morgan fingerprint density at radius 2 is 1.79 bits per heavy atom. The molecule has 4 aliphatic heterocycles. The van der Waals surface area contributed by atoms with Gasteiger partial charge < -0.3 is 14.4 Å². The number of hydrogen-bond acceptors (Lipinski definition) is 12. The molecular formula is C47H51FN14O4S. The summed E-state index contributed by atoms with van der Waals surface area (Å²) in [5, 5.41) is 18.0. The van der Waals surface area contributed by atoms with Gasteiger partial charge in [-0.25, -0.2) is 24.1 Å². The number of halogens is 1. The largest absolute Gasteiger partial charge is 0.353 e. The molecule has 0 aliphatic carbocycles. The molecule has 20 heteroatoms. The monoisotopic (exact) mass is 926 g/mol. The fraction of sp³-hybridized carbons (Fsp3) is 0.383. The number of carbonyl (C=O) groups is 4. The maximum atomic E-state index is 15.9. The van der Waals surface area contributed by atoms with Crippen molar-refractivity contribution >= 4 is 80.1 Å². The van der Waals surface area contributed by atoms with Crippen molar-refractivity contribution in [3.05, 3.63) is 101 Å². The number of aromatic nitrogens is 7. The van der Waals surface area contributed by atoms with Crippen LogP contribution in [-0.4, -0.2) is 132 Å². The van der Waals surface area contributed by atoms with E-state index < -0.39 is 17.9 Å². The van der Waals surface area contributed by atoms with Gasteiger partial charge >= 0.3 is 6.03 Å². The number of urea groups is 1. The topological polar surface area (TPSA) is 184 Å². The average molecular weight is 927 g/mol. The molecule has 4 aromatic heterocycles. The summed E-state index contributed by atoms with van der Waals surface area (Å²) in [6, 6.07) is 8.19. The molecule has 67 heavy (non-hydrogen) atoms. The van der Waals surface area contributed by atoms with Gasteiger partial charge in [0.25, 0.3) is 5.91 Å². The van der Waals surface area contributed by atoms with Gasteiger partial charge in [0.05, 0.1) is 35.0 Å². The van der Waals surface area contributed by atoms with Crippen LogP contribution in [0, 0.1) is 5.82 Å². The number of aryl methyl sites for hydroxylation is 2. The molecule has 3 saturated heterocycles. The summed E-state index contributed by atoms with van der Waals surface area (Å²) in [5.74, 6) is 0.567. The third kappa shape index (κ3) is 8.73. The predicted octanol–water partition coefficient (Wildman–Crippen LogP) is 5.30. The Morgan fingerprint density at radius 3 is 2.55 bits per heavy atom. The number of piperidine rings is 1. The Morgan fingerprint density at radius 1 is 0.985 bits per heavy atom. The van der Waals surface area contributed by atoms with Crippen LogP contribution in [-0.2, 0) is 34.4 Å². The summed E-state index contributed by atoms with van der Waals surface area (Å²) in [4.78, 5) is 72.5. The van der Waals surface area contributed by atoms with Crippen molar-refractivity contribution in [2.45, 2.75) is 57.5 Å². The van der Waals surface area contributed by atoms with Crippen molar-refractivity contribution in [2.24, 2.45) is 12.0 Å². The lowest BCUT2D eigenvalue weighted by molar-refractivity contribution is -0.134. The van der Waals surface area contributed by atoms with Crippen LogP contribution in [0.25, 0.3) is 27.4 Å². The summed E-state index contributed by atoms with van der Waals surface area (Å²) in [5.41, 5.74) is 5.53. The van der Waals surface area contributed by atoms with E-state index in [1.165, 1.54) is 32.5 Å². The molecule has 4 aliphatic rings. The molecule has 10 rings (SSSR count). The number of amides is 5. The number of piperazine rings is 1. The Bertz CT molecular complexity index is 2970. The number of rotatable bonds is 12. The van der Waals surface area contributed by atoms with Crippen LogP contribution >= 0.6 is 11.3 Å². The second-order valence-electron chi connectivity index (χ2n) is 17.5. The minimum Gasteiger partial charge on any atom is -0.353 e. The number of nitrogens with zero attached hydrogens (tertiary/aromatic N) is 12. The first-order valence-corrected chi connectivity index (χ1v) is 23.5. The van der Waals surface area contributed by atoms with Gasteiger partial charge in [-0.15, -0.1) is 11.3 Å². The van der Waals surface area contributed by atoms with Gasteiger partial charge in [0.2, 0.25) is 11.8 Å². The zero-order valence-electron chi connectivity index (χ0n) is 37.4. The number of imidazole rings is 1. The van der Waals surface area contributed by atoms with Gasteiger partial charge in [0, 0.05) is 81.6 Å². The minimum atomic E-state index is -0.922. The second kappa shape index (κ2) is 18.3. The number of anilines is 2. The molecule has 1 atom stereocenters. The standard InChI is InChI=1S/C47H51FN14O4S/c1-29(32-23-35(48)34-26-62(54-36(34)24-32)43(45(65)53-46-50-13-22-67-46)42-37-5-4-14-60(37)28-51-42)6-9-39(49-2)58-18-20-59(21-19-58)41(64)27-57-15-10-30(11-16-57)31-7-8-33-38(25-31)56(3)55-44(33)61-17-12-40(63)52-47(61)66/h6-9,13,22-26,28,30,43H,2,4-5,10-12,14-21,27H2,1,3H3,(H,50,53,65)(H,52,63,66)/b29-6+,39-9+. The third-order valence-electron chi connectivity index (χ3n) is 13.5. The molecule has 6 aromatic rings. The van der Waals surface area contributed by atoms with Crippen LogP contribution in [0.15, 0.2) is 77.4 Å². The summed E-state index contributed by atoms with van der Waals surface area (Å²) in [7, 11) is 1.86. The van der Waals surface area contributed by atoms with Crippen molar-refractivity contribution in [3.63, 3.8) is 0 Å². The predicted molar refractivity (Wildman–Crippen MR) is 253 cm³/mol. The quantitative estimate of drug-likeness (QED) is 0.121. The van der Waals surface area contributed by atoms with Crippen LogP contribution in [0.2, 0.25) is 0 Å². The Labute approximate surface area is 389 Å². The zero-order chi connectivity index (χ0) is 46.3. The fourth-order valence-electron chi connectivity index (χ4n) is 9.75. The van der Waals surface area contributed by atoms with E-state index in [0.717, 1.165) is 67.5 Å². The molecule has 346 valence electrons. The molecule has 3 fully saturated rings. The third-order valence-corrected chi connectivity index (χ3v) is 14.1. The molecular weight excluding hydrogens is 876 g/mol. The molecule has 5 amide bonds. The van der Waals surface area contributed by atoms with Gasteiger partial charge in [-0.1, -0.05) is 12.1 Å². The first kappa shape index (κ1) is 43.8. The molecule has 2 aromatic carbocycles. The van der Waals surface area contributed by atoms with E-state index >= 15 is 4.39 Å². The van der Waals surface area contributed by atoms with E-state index in [9.17, 15) is 19.2 Å². The van der Waals surface area contributed by atoms with Crippen LogP contribution in [0.1, 0.15) is 67.1 Å². The van der Waals surface area contributed by atoms with Gasteiger partial charge in [0.15, 0.2) is 17.0 Å². The number of benzene rings is 2. The highest BCUT2D eigenvalue weighted by Gasteiger charge is 2.33.